The molecule has 1 amide bonds. The van der Waals surface area contributed by atoms with E-state index in [4.69, 9.17) is 0 Å². The molecular formula is C13H21ClN2O. The van der Waals surface area contributed by atoms with Gasteiger partial charge in [-0.15, -0.1) is 12.4 Å². The first-order valence-corrected chi connectivity index (χ1v) is 5.51. The Morgan fingerprint density at radius 3 is 2.29 bits per heavy atom. The molecule has 17 heavy (non-hydrogen) atoms. The van der Waals surface area contributed by atoms with Crippen LogP contribution in [0.2, 0.25) is 0 Å². The molecule has 4 heteroatoms. The highest BCUT2D eigenvalue weighted by Gasteiger charge is 2.13. The van der Waals surface area contributed by atoms with E-state index in [1.54, 1.807) is 19.0 Å². The van der Waals surface area contributed by atoms with Crippen molar-refractivity contribution in [1.82, 2.24) is 10.2 Å². The van der Waals surface area contributed by atoms with Crippen LogP contribution in [0.1, 0.15) is 18.1 Å². The molecule has 1 atom stereocenters. The second kappa shape index (κ2) is 7.30. The smallest absolute Gasteiger partial charge is 0.238 e. The fourth-order valence-corrected chi connectivity index (χ4v) is 1.45. The number of carbonyl (C=O) groups is 1. The number of hydrogen-bond acceptors (Lipinski definition) is 2. The zero-order valence-corrected chi connectivity index (χ0v) is 11.7. The van der Waals surface area contributed by atoms with E-state index < -0.39 is 0 Å². The summed E-state index contributed by atoms with van der Waals surface area (Å²) in [5.41, 5.74) is 2.45. The van der Waals surface area contributed by atoms with Crippen molar-refractivity contribution in [2.75, 3.05) is 14.1 Å². The van der Waals surface area contributed by atoms with Crippen molar-refractivity contribution in [2.24, 2.45) is 0 Å². The van der Waals surface area contributed by atoms with E-state index >= 15 is 0 Å². The van der Waals surface area contributed by atoms with Crippen LogP contribution in [0.15, 0.2) is 24.3 Å². The van der Waals surface area contributed by atoms with Gasteiger partial charge in [0, 0.05) is 20.6 Å². The van der Waals surface area contributed by atoms with E-state index in [1.165, 1.54) is 11.1 Å². The summed E-state index contributed by atoms with van der Waals surface area (Å²) in [5.74, 6) is 0.104. The maximum absolute atomic E-state index is 11.6. The molecule has 0 aliphatic rings. The molecule has 0 saturated carbocycles. The second-order valence-corrected chi connectivity index (χ2v) is 4.32. The summed E-state index contributed by atoms with van der Waals surface area (Å²) in [6.45, 7) is 4.67. The molecule has 0 radical (unpaired) electrons. The van der Waals surface area contributed by atoms with Gasteiger partial charge in [0.2, 0.25) is 5.91 Å². The van der Waals surface area contributed by atoms with Gasteiger partial charge >= 0.3 is 0 Å². The first kappa shape index (κ1) is 15.9. The van der Waals surface area contributed by atoms with Gasteiger partial charge in [0.05, 0.1) is 6.04 Å². The molecule has 1 rings (SSSR count). The molecule has 0 spiro atoms. The average Bonchev–Trinajstić information content (AvgIpc) is 2.26. The normalized spacial score (nSPS) is 11.5. The Morgan fingerprint density at radius 2 is 1.82 bits per heavy atom. The van der Waals surface area contributed by atoms with Gasteiger partial charge in [-0.1, -0.05) is 29.8 Å². The Hall–Kier alpha value is -1.06. The minimum Gasteiger partial charge on any atom is -0.347 e. The van der Waals surface area contributed by atoms with Crippen molar-refractivity contribution in [3.63, 3.8) is 0 Å². The Bertz CT molecular complexity index is 349. The van der Waals surface area contributed by atoms with Gasteiger partial charge in [0.15, 0.2) is 0 Å². The van der Waals surface area contributed by atoms with E-state index in [-0.39, 0.29) is 24.4 Å². The van der Waals surface area contributed by atoms with E-state index in [0.29, 0.717) is 0 Å². The van der Waals surface area contributed by atoms with Gasteiger partial charge in [-0.2, -0.15) is 0 Å². The van der Waals surface area contributed by atoms with E-state index in [0.717, 1.165) is 6.54 Å². The van der Waals surface area contributed by atoms with Crippen molar-refractivity contribution in [2.45, 2.75) is 26.4 Å². The lowest BCUT2D eigenvalue weighted by Gasteiger charge is -2.18. The average molecular weight is 257 g/mol. The van der Waals surface area contributed by atoms with Crippen LogP contribution < -0.4 is 5.32 Å². The molecule has 3 nitrogen and oxygen atoms in total. The lowest BCUT2D eigenvalue weighted by molar-refractivity contribution is -0.130. The number of amides is 1. The summed E-state index contributed by atoms with van der Waals surface area (Å²) in [7, 11) is 3.54. The highest BCUT2D eigenvalue weighted by atomic mass is 35.5. The molecule has 0 saturated heterocycles. The third-order valence-electron chi connectivity index (χ3n) is 2.54. The molecule has 0 aliphatic carbocycles. The molecule has 0 bridgehead atoms. The molecule has 96 valence electrons. The summed E-state index contributed by atoms with van der Waals surface area (Å²) in [6.07, 6.45) is 0. The summed E-state index contributed by atoms with van der Waals surface area (Å²) in [6, 6.07) is 8.17. The van der Waals surface area contributed by atoms with Crippen LogP contribution in [-0.2, 0) is 11.3 Å². The number of benzene rings is 1. The van der Waals surface area contributed by atoms with Crippen LogP contribution in [-0.4, -0.2) is 30.9 Å². The van der Waals surface area contributed by atoms with Gasteiger partial charge in [0.25, 0.3) is 0 Å². The first-order valence-electron chi connectivity index (χ1n) is 5.51. The van der Waals surface area contributed by atoms with E-state index in [1.807, 2.05) is 6.92 Å². The van der Waals surface area contributed by atoms with Crippen LogP contribution in [0, 0.1) is 6.92 Å². The molecular weight excluding hydrogens is 236 g/mol. The maximum atomic E-state index is 11.6. The molecule has 1 aromatic rings. The predicted molar refractivity (Wildman–Crippen MR) is 73.4 cm³/mol. The van der Waals surface area contributed by atoms with Gasteiger partial charge in [-0.05, 0) is 19.4 Å². The number of nitrogens with zero attached hydrogens (tertiary/aromatic N) is 1. The first-order chi connectivity index (χ1) is 7.50. The second-order valence-electron chi connectivity index (χ2n) is 4.32. The molecule has 0 fully saturated rings. The van der Waals surface area contributed by atoms with Gasteiger partial charge < -0.3 is 10.2 Å². The maximum Gasteiger partial charge on any atom is 0.238 e. The Labute approximate surface area is 110 Å². The van der Waals surface area contributed by atoms with Crippen LogP contribution >= 0.6 is 12.4 Å². The third kappa shape index (κ3) is 5.20. The fraction of sp³-hybridized carbons (Fsp3) is 0.462. The van der Waals surface area contributed by atoms with Crippen LogP contribution in [0.3, 0.4) is 0 Å². The Balaban J connectivity index is 0.00000256. The van der Waals surface area contributed by atoms with Crippen molar-refractivity contribution >= 4 is 18.3 Å². The van der Waals surface area contributed by atoms with E-state index in [2.05, 4.69) is 36.5 Å². The SMILES string of the molecule is Cc1ccc(CN[C@H](C)C(=O)N(C)C)cc1.Cl. The number of hydrogen-bond donors (Lipinski definition) is 1. The number of aryl methyl sites for hydroxylation is 1. The molecule has 0 aromatic heterocycles. The zero-order chi connectivity index (χ0) is 12.1. The third-order valence-corrected chi connectivity index (χ3v) is 2.54. The highest BCUT2D eigenvalue weighted by Crippen LogP contribution is 2.03. The molecule has 0 unspecified atom stereocenters. The topological polar surface area (TPSA) is 32.3 Å². The van der Waals surface area contributed by atoms with Gasteiger partial charge in [-0.3, -0.25) is 4.79 Å². The van der Waals surface area contributed by atoms with Gasteiger partial charge in [0.1, 0.15) is 0 Å². The van der Waals surface area contributed by atoms with Crippen molar-refractivity contribution in [3.8, 4) is 0 Å². The van der Waals surface area contributed by atoms with Crippen LogP contribution in [0.4, 0.5) is 0 Å². The standard InChI is InChI=1S/C13H20N2O.ClH/c1-10-5-7-12(8-6-10)9-14-11(2)13(16)15(3)4;/h5-8,11,14H,9H2,1-4H3;1H/t11-;/m1./s1. The molecule has 0 aliphatic heterocycles. The minimum atomic E-state index is -0.142. The summed E-state index contributed by atoms with van der Waals surface area (Å²) >= 11 is 0. The molecule has 1 N–H and O–H groups in total. The Morgan fingerprint density at radius 1 is 1.29 bits per heavy atom. The lowest BCUT2D eigenvalue weighted by Crippen LogP contribution is -2.41. The van der Waals surface area contributed by atoms with Crippen molar-refractivity contribution in [1.29, 1.82) is 0 Å². The summed E-state index contributed by atoms with van der Waals surface area (Å²) in [5, 5.41) is 3.21. The highest BCUT2D eigenvalue weighted by molar-refractivity contribution is 5.85. The Kier molecular flexibility index (Phi) is 6.85. The fourth-order valence-electron chi connectivity index (χ4n) is 1.45. The zero-order valence-electron chi connectivity index (χ0n) is 10.9. The summed E-state index contributed by atoms with van der Waals surface area (Å²) < 4.78 is 0. The number of carbonyl (C=O) groups excluding carboxylic acids is 1. The number of rotatable bonds is 4. The molecule has 0 heterocycles. The lowest BCUT2D eigenvalue weighted by atomic mass is 10.1. The molecule has 1 aromatic carbocycles. The minimum absolute atomic E-state index is 0. The summed E-state index contributed by atoms with van der Waals surface area (Å²) in [4.78, 5) is 13.2. The predicted octanol–water partition coefficient (Wildman–Crippen LogP) is 1.98. The van der Waals surface area contributed by atoms with Crippen molar-refractivity contribution in [3.05, 3.63) is 35.4 Å². The largest absolute Gasteiger partial charge is 0.347 e. The monoisotopic (exact) mass is 256 g/mol. The van der Waals surface area contributed by atoms with Crippen LogP contribution in [0.25, 0.3) is 0 Å². The number of nitrogens with one attached hydrogen (secondary N) is 1. The number of likely N-dealkylation sites (N-methyl/N-ethyl adjacent to an activating group) is 1. The van der Waals surface area contributed by atoms with Gasteiger partial charge in [-0.25, -0.2) is 0 Å². The number of halogens is 1. The van der Waals surface area contributed by atoms with Crippen molar-refractivity contribution < 1.29 is 4.79 Å². The van der Waals surface area contributed by atoms with E-state index in [9.17, 15) is 4.79 Å². The quantitative estimate of drug-likeness (QED) is 0.894. The van der Waals surface area contributed by atoms with Crippen LogP contribution in [0.5, 0.6) is 0 Å².